The first-order valence-corrected chi connectivity index (χ1v) is 7.36. The van der Waals surface area contributed by atoms with Crippen molar-refractivity contribution in [3.63, 3.8) is 0 Å². The van der Waals surface area contributed by atoms with Crippen LogP contribution in [0, 0.1) is 0 Å². The maximum absolute atomic E-state index is 11.7. The van der Waals surface area contributed by atoms with E-state index < -0.39 is 23.9 Å². The molecule has 1 atom stereocenters. The van der Waals surface area contributed by atoms with E-state index in [2.05, 4.69) is 10.6 Å². The van der Waals surface area contributed by atoms with Gasteiger partial charge in [-0.1, -0.05) is 0 Å². The lowest BCUT2D eigenvalue weighted by atomic mass is 10.2. The fraction of sp³-hybridized carbons (Fsp3) is 0.727. The lowest BCUT2D eigenvalue weighted by molar-refractivity contribution is -0.142. The fourth-order valence-corrected chi connectivity index (χ4v) is 2.96. The van der Waals surface area contributed by atoms with Crippen LogP contribution in [0.3, 0.4) is 0 Å². The Morgan fingerprint density at radius 1 is 1.32 bits per heavy atom. The van der Waals surface area contributed by atoms with Crippen molar-refractivity contribution in [2.45, 2.75) is 24.9 Å². The minimum Gasteiger partial charge on any atom is -0.480 e. The second-order valence-corrected chi connectivity index (χ2v) is 5.85. The molecule has 0 spiro atoms. The van der Waals surface area contributed by atoms with Gasteiger partial charge < -0.3 is 10.4 Å². The predicted octanol–water partition coefficient (Wildman–Crippen LogP) is -0.523. The van der Waals surface area contributed by atoms with Gasteiger partial charge in [-0.3, -0.25) is 19.8 Å². The molecule has 0 aromatic heterocycles. The van der Waals surface area contributed by atoms with Crippen molar-refractivity contribution in [2.75, 3.05) is 24.6 Å². The van der Waals surface area contributed by atoms with E-state index in [1.807, 2.05) is 0 Å². The molecule has 1 saturated heterocycles. The summed E-state index contributed by atoms with van der Waals surface area (Å²) < 4.78 is 0. The molecule has 0 aromatic rings. The average molecular weight is 287 g/mol. The lowest BCUT2D eigenvalue weighted by Crippen LogP contribution is -2.52. The van der Waals surface area contributed by atoms with E-state index in [1.165, 1.54) is 0 Å². The van der Waals surface area contributed by atoms with Gasteiger partial charge in [-0.2, -0.15) is 11.8 Å². The number of imide groups is 1. The quantitative estimate of drug-likeness (QED) is 0.643. The molecular weight excluding hydrogens is 270 g/mol. The molecule has 0 radical (unpaired) electrons. The average Bonchev–Trinajstić information content (AvgIpc) is 3.12. The Labute approximate surface area is 115 Å². The minimum atomic E-state index is -0.928. The third-order valence-electron chi connectivity index (χ3n) is 3.04. The normalized spacial score (nSPS) is 23.7. The van der Waals surface area contributed by atoms with Gasteiger partial charge in [0.05, 0.1) is 6.54 Å². The number of carbonyl (C=O) groups is 3. The Balaban J connectivity index is 1.78. The number of urea groups is 1. The molecule has 2 fully saturated rings. The molecule has 0 aromatic carbocycles. The van der Waals surface area contributed by atoms with Gasteiger partial charge in [0.25, 0.3) is 0 Å². The molecule has 1 heterocycles. The molecule has 106 valence electrons. The Bertz CT molecular complexity index is 386. The van der Waals surface area contributed by atoms with Crippen molar-refractivity contribution in [2.24, 2.45) is 0 Å². The summed E-state index contributed by atoms with van der Waals surface area (Å²) in [6.07, 6.45) is 1.90. The van der Waals surface area contributed by atoms with Gasteiger partial charge in [0, 0.05) is 24.1 Å². The summed E-state index contributed by atoms with van der Waals surface area (Å²) >= 11 is 1.56. The lowest BCUT2D eigenvalue weighted by Gasteiger charge is -2.31. The number of aliphatic carboxylic acids is 1. The Kier molecular flexibility index (Phi) is 4.65. The van der Waals surface area contributed by atoms with Crippen molar-refractivity contribution in [1.29, 1.82) is 0 Å². The number of nitrogens with one attached hydrogen (secondary N) is 2. The zero-order chi connectivity index (χ0) is 13.8. The Morgan fingerprint density at radius 2 is 2.05 bits per heavy atom. The molecule has 1 aliphatic carbocycles. The van der Waals surface area contributed by atoms with E-state index >= 15 is 0 Å². The molecule has 3 amide bonds. The van der Waals surface area contributed by atoms with Crippen molar-refractivity contribution < 1.29 is 19.5 Å². The highest BCUT2D eigenvalue weighted by atomic mass is 32.2. The zero-order valence-corrected chi connectivity index (χ0v) is 11.2. The first-order chi connectivity index (χ1) is 9.06. The topological polar surface area (TPSA) is 98.7 Å². The SMILES string of the molecule is O=C(CN1CCSCC1C(=O)O)NC(=O)NC1CC1. The monoisotopic (exact) mass is 287 g/mol. The van der Waals surface area contributed by atoms with Crippen LogP contribution in [0.5, 0.6) is 0 Å². The second kappa shape index (κ2) is 6.25. The highest BCUT2D eigenvalue weighted by Crippen LogP contribution is 2.18. The van der Waals surface area contributed by atoms with Crippen LogP contribution in [0.1, 0.15) is 12.8 Å². The van der Waals surface area contributed by atoms with Crippen LogP contribution in [0.2, 0.25) is 0 Å². The second-order valence-electron chi connectivity index (χ2n) is 4.70. The number of thioether (sulfide) groups is 1. The minimum absolute atomic E-state index is 0.0599. The van der Waals surface area contributed by atoms with Crippen molar-refractivity contribution in [3.8, 4) is 0 Å². The highest BCUT2D eigenvalue weighted by Gasteiger charge is 2.30. The smallest absolute Gasteiger partial charge is 0.321 e. The van der Waals surface area contributed by atoms with Gasteiger partial charge in [-0.25, -0.2) is 4.79 Å². The predicted molar refractivity (Wildman–Crippen MR) is 70.0 cm³/mol. The third-order valence-corrected chi connectivity index (χ3v) is 4.06. The maximum Gasteiger partial charge on any atom is 0.321 e. The molecule has 1 saturated carbocycles. The first-order valence-electron chi connectivity index (χ1n) is 6.21. The molecular formula is C11H17N3O4S. The van der Waals surface area contributed by atoms with Gasteiger partial charge in [0.2, 0.25) is 5.91 Å². The van der Waals surface area contributed by atoms with Gasteiger partial charge in [0.15, 0.2) is 0 Å². The number of hydrogen-bond donors (Lipinski definition) is 3. The summed E-state index contributed by atoms with van der Waals surface area (Å²) in [4.78, 5) is 35.7. The number of carboxylic acids is 1. The molecule has 19 heavy (non-hydrogen) atoms. The van der Waals surface area contributed by atoms with Crippen molar-refractivity contribution in [1.82, 2.24) is 15.5 Å². The third kappa shape index (κ3) is 4.39. The summed E-state index contributed by atoms with van der Waals surface area (Å²) in [6.45, 7) is 0.481. The zero-order valence-electron chi connectivity index (χ0n) is 10.4. The standard InChI is InChI=1S/C11H17N3O4S/c15-9(13-11(18)12-7-1-2-7)5-14-3-4-19-6-8(14)10(16)17/h7-8H,1-6H2,(H,16,17)(H2,12,13,15,18). The van der Waals surface area contributed by atoms with Gasteiger partial charge >= 0.3 is 12.0 Å². The van der Waals surface area contributed by atoms with Gasteiger partial charge in [-0.15, -0.1) is 0 Å². The maximum atomic E-state index is 11.7. The number of hydrogen-bond acceptors (Lipinski definition) is 5. The summed E-state index contributed by atoms with van der Waals surface area (Å²) in [5, 5.41) is 13.9. The first kappa shape index (κ1) is 14.1. The number of carbonyl (C=O) groups excluding carboxylic acids is 2. The van der Waals surface area contributed by atoms with Crippen LogP contribution in [0.4, 0.5) is 4.79 Å². The molecule has 1 aliphatic heterocycles. The van der Waals surface area contributed by atoms with E-state index in [9.17, 15) is 14.4 Å². The van der Waals surface area contributed by atoms with E-state index in [-0.39, 0.29) is 12.6 Å². The van der Waals surface area contributed by atoms with Crippen LogP contribution in [0.25, 0.3) is 0 Å². The van der Waals surface area contributed by atoms with Crippen molar-refractivity contribution in [3.05, 3.63) is 0 Å². The highest BCUT2D eigenvalue weighted by molar-refractivity contribution is 7.99. The molecule has 0 bridgehead atoms. The van der Waals surface area contributed by atoms with Crippen LogP contribution in [-0.2, 0) is 9.59 Å². The summed E-state index contributed by atoms with van der Waals surface area (Å²) in [5.41, 5.74) is 0. The molecule has 8 heteroatoms. The van der Waals surface area contributed by atoms with E-state index in [1.54, 1.807) is 16.7 Å². The summed E-state index contributed by atoms with van der Waals surface area (Å²) in [5.74, 6) is -0.124. The number of amides is 3. The van der Waals surface area contributed by atoms with Crippen LogP contribution in [0.15, 0.2) is 0 Å². The summed E-state index contributed by atoms with van der Waals surface area (Å²) in [6, 6.07) is -0.965. The molecule has 2 aliphatic rings. The van der Waals surface area contributed by atoms with E-state index in [4.69, 9.17) is 5.11 Å². The number of nitrogens with zero attached hydrogens (tertiary/aromatic N) is 1. The van der Waals surface area contributed by atoms with E-state index in [0.29, 0.717) is 12.3 Å². The molecule has 2 rings (SSSR count). The van der Waals surface area contributed by atoms with Crippen LogP contribution >= 0.6 is 11.8 Å². The van der Waals surface area contributed by atoms with E-state index in [0.717, 1.165) is 18.6 Å². The van der Waals surface area contributed by atoms with Crippen LogP contribution in [-0.4, -0.2) is 64.6 Å². The van der Waals surface area contributed by atoms with Gasteiger partial charge in [0.1, 0.15) is 6.04 Å². The van der Waals surface area contributed by atoms with Gasteiger partial charge in [-0.05, 0) is 12.8 Å². The van der Waals surface area contributed by atoms with Crippen LogP contribution < -0.4 is 10.6 Å². The molecule has 3 N–H and O–H groups in total. The van der Waals surface area contributed by atoms with Crippen molar-refractivity contribution >= 4 is 29.7 Å². The Hall–Kier alpha value is -1.28. The summed E-state index contributed by atoms with van der Waals surface area (Å²) in [7, 11) is 0. The number of carboxylic acid groups (broad SMARTS) is 1. The Morgan fingerprint density at radius 3 is 2.68 bits per heavy atom. The molecule has 7 nitrogen and oxygen atoms in total. The fourth-order valence-electron chi connectivity index (χ4n) is 1.85. The molecule has 1 unspecified atom stereocenters. The number of rotatable bonds is 4. The largest absolute Gasteiger partial charge is 0.480 e.